The van der Waals surface area contributed by atoms with E-state index >= 15 is 0 Å². The number of hydrogen-bond acceptors (Lipinski definition) is 2. The van der Waals surface area contributed by atoms with Gasteiger partial charge in [0.05, 0.1) is 18.1 Å². The van der Waals surface area contributed by atoms with Crippen LogP contribution in [0.25, 0.3) is 0 Å². The quantitative estimate of drug-likeness (QED) is 0.772. The Morgan fingerprint density at radius 1 is 1.39 bits per heavy atom. The minimum atomic E-state index is -4.49. The van der Waals surface area contributed by atoms with Crippen molar-refractivity contribution in [3.63, 3.8) is 0 Å². The topological polar surface area (TPSA) is 26.3 Å². The molecule has 0 saturated heterocycles. The van der Waals surface area contributed by atoms with Crippen LogP contribution in [0.15, 0.2) is 18.2 Å². The molecular weight excluding hydrogens is 269 g/mol. The van der Waals surface area contributed by atoms with Crippen LogP contribution < -0.4 is 4.74 Å². The van der Waals surface area contributed by atoms with Gasteiger partial charge in [-0.05, 0) is 30.7 Å². The molecule has 1 aromatic rings. The number of Topliss-reactive ketones (excluding diaryl/α,β-unsaturated/α-hetero) is 1. The summed E-state index contributed by atoms with van der Waals surface area (Å²) >= 11 is 5.31. The van der Waals surface area contributed by atoms with Crippen LogP contribution in [0, 0.1) is 0 Å². The third kappa shape index (κ3) is 3.91. The molecule has 0 unspecified atom stereocenters. The Bertz CT molecular complexity index is 430. The Balaban J connectivity index is 3.13. The first kappa shape index (κ1) is 14.8. The van der Waals surface area contributed by atoms with Crippen LogP contribution in [0.1, 0.15) is 18.1 Å². The summed E-state index contributed by atoms with van der Waals surface area (Å²) in [7, 11) is 0. The molecule has 18 heavy (non-hydrogen) atoms. The maximum absolute atomic E-state index is 12.7. The fourth-order valence-electron chi connectivity index (χ4n) is 1.51. The lowest BCUT2D eigenvalue weighted by molar-refractivity contribution is -0.138. The predicted molar refractivity (Wildman–Crippen MR) is 62.0 cm³/mol. The van der Waals surface area contributed by atoms with Crippen molar-refractivity contribution in [1.29, 1.82) is 0 Å². The molecule has 1 rings (SSSR count). The summed E-state index contributed by atoms with van der Waals surface area (Å²) in [5.74, 6) is -0.463. The summed E-state index contributed by atoms with van der Waals surface area (Å²) in [5, 5.41) is 0. The molecule has 0 heterocycles. The molecule has 0 radical (unpaired) electrons. The van der Waals surface area contributed by atoms with Gasteiger partial charge in [0.25, 0.3) is 0 Å². The summed E-state index contributed by atoms with van der Waals surface area (Å²) in [6.07, 6.45) is -4.84. The molecule has 1 aromatic carbocycles. The van der Waals surface area contributed by atoms with Crippen LogP contribution in [0.3, 0.4) is 0 Å². The zero-order valence-electron chi connectivity index (χ0n) is 9.68. The summed E-state index contributed by atoms with van der Waals surface area (Å²) in [5.41, 5.74) is -0.941. The summed E-state index contributed by atoms with van der Waals surface area (Å²) in [6, 6.07) is 3.39. The number of rotatable bonds is 5. The van der Waals surface area contributed by atoms with Crippen molar-refractivity contribution in [2.75, 3.05) is 12.5 Å². The Morgan fingerprint density at radius 3 is 2.56 bits per heavy atom. The number of carbonyl (C=O) groups excluding carboxylic acids is 1. The number of alkyl halides is 4. The molecule has 0 aliphatic heterocycles. The molecule has 6 heteroatoms. The lowest BCUT2D eigenvalue weighted by Gasteiger charge is -2.14. The highest BCUT2D eigenvalue weighted by Crippen LogP contribution is 2.34. The molecule has 0 fully saturated rings. The van der Waals surface area contributed by atoms with E-state index in [2.05, 4.69) is 0 Å². The molecule has 2 nitrogen and oxygen atoms in total. The number of halogens is 4. The van der Waals surface area contributed by atoms with Crippen molar-refractivity contribution < 1.29 is 22.7 Å². The Labute approximate surface area is 108 Å². The molecule has 0 aliphatic carbocycles. The van der Waals surface area contributed by atoms with E-state index in [1.165, 1.54) is 12.1 Å². The lowest BCUT2D eigenvalue weighted by atomic mass is 10.0. The number of ether oxygens (including phenoxy) is 1. The van der Waals surface area contributed by atoms with E-state index in [0.717, 1.165) is 6.07 Å². The monoisotopic (exact) mass is 280 g/mol. The maximum Gasteiger partial charge on any atom is 0.416 e. The summed E-state index contributed by atoms with van der Waals surface area (Å²) in [4.78, 5) is 11.2. The highest BCUT2D eigenvalue weighted by molar-refractivity contribution is 6.27. The van der Waals surface area contributed by atoms with Crippen molar-refractivity contribution in [1.82, 2.24) is 0 Å². The second kappa shape index (κ2) is 6.09. The number of benzene rings is 1. The Kier molecular flexibility index (Phi) is 5.02. The van der Waals surface area contributed by atoms with E-state index in [4.69, 9.17) is 16.3 Å². The molecule has 0 bridgehead atoms. The van der Waals surface area contributed by atoms with E-state index < -0.39 is 17.5 Å². The Hall–Kier alpha value is -1.23. The van der Waals surface area contributed by atoms with Gasteiger partial charge in [0.15, 0.2) is 5.78 Å². The SMILES string of the molecule is CCOc1ccc(C(F)(F)F)c(CC(=O)CCl)c1. The van der Waals surface area contributed by atoms with Gasteiger partial charge in [0, 0.05) is 6.42 Å². The van der Waals surface area contributed by atoms with E-state index in [1.807, 2.05) is 0 Å². The first-order valence-corrected chi connectivity index (χ1v) is 5.82. The van der Waals surface area contributed by atoms with Crippen molar-refractivity contribution >= 4 is 17.4 Å². The number of ketones is 1. The highest BCUT2D eigenvalue weighted by Gasteiger charge is 2.33. The fourth-order valence-corrected chi connectivity index (χ4v) is 1.60. The highest BCUT2D eigenvalue weighted by atomic mass is 35.5. The van der Waals surface area contributed by atoms with Crippen molar-refractivity contribution in [2.45, 2.75) is 19.5 Å². The van der Waals surface area contributed by atoms with Crippen molar-refractivity contribution in [3.8, 4) is 5.75 Å². The molecule has 100 valence electrons. The molecule has 0 spiro atoms. The molecule has 0 aromatic heterocycles. The number of carbonyl (C=O) groups is 1. The standard InChI is InChI=1S/C12H12ClF3O2/c1-2-18-10-3-4-11(12(14,15)16)8(6-10)5-9(17)7-13/h3-4,6H,2,5,7H2,1H3. The van der Waals surface area contributed by atoms with E-state index in [1.54, 1.807) is 6.92 Å². The van der Waals surface area contributed by atoms with Crippen LogP contribution in [-0.2, 0) is 17.4 Å². The molecule has 0 saturated carbocycles. The van der Waals surface area contributed by atoms with E-state index in [-0.39, 0.29) is 17.9 Å². The molecule has 0 atom stereocenters. The number of hydrogen-bond donors (Lipinski definition) is 0. The van der Waals surface area contributed by atoms with Crippen LogP contribution in [0.2, 0.25) is 0 Å². The van der Waals surface area contributed by atoms with Gasteiger partial charge in [-0.2, -0.15) is 13.2 Å². The molecule has 0 N–H and O–H groups in total. The van der Waals surface area contributed by atoms with Crippen molar-refractivity contribution in [3.05, 3.63) is 29.3 Å². The summed E-state index contributed by atoms with van der Waals surface area (Å²) < 4.78 is 43.3. The largest absolute Gasteiger partial charge is 0.494 e. The van der Waals surface area contributed by atoms with Gasteiger partial charge in [-0.25, -0.2) is 0 Å². The molecule has 0 amide bonds. The van der Waals surface area contributed by atoms with E-state index in [9.17, 15) is 18.0 Å². The fraction of sp³-hybridized carbons (Fsp3) is 0.417. The summed E-state index contributed by atoms with van der Waals surface area (Å²) in [6.45, 7) is 2.06. The van der Waals surface area contributed by atoms with Crippen LogP contribution in [0.5, 0.6) is 5.75 Å². The van der Waals surface area contributed by atoms with Gasteiger partial charge in [0.2, 0.25) is 0 Å². The first-order valence-electron chi connectivity index (χ1n) is 5.29. The normalized spacial score (nSPS) is 11.4. The maximum atomic E-state index is 12.7. The van der Waals surface area contributed by atoms with Crippen LogP contribution in [-0.4, -0.2) is 18.3 Å². The minimum absolute atomic E-state index is 0.112. The predicted octanol–water partition coefficient (Wildman–Crippen LogP) is 3.45. The van der Waals surface area contributed by atoms with Gasteiger partial charge in [-0.1, -0.05) is 0 Å². The minimum Gasteiger partial charge on any atom is -0.494 e. The van der Waals surface area contributed by atoms with Gasteiger partial charge in [-0.3, -0.25) is 4.79 Å². The zero-order chi connectivity index (χ0) is 13.8. The zero-order valence-corrected chi connectivity index (χ0v) is 10.4. The van der Waals surface area contributed by atoms with Gasteiger partial charge in [0.1, 0.15) is 5.75 Å². The average Bonchev–Trinajstić information content (AvgIpc) is 2.28. The molecular formula is C12H12ClF3O2. The second-order valence-corrected chi connectivity index (χ2v) is 3.87. The lowest BCUT2D eigenvalue weighted by Crippen LogP contribution is -2.13. The van der Waals surface area contributed by atoms with Crippen LogP contribution >= 0.6 is 11.6 Å². The third-order valence-electron chi connectivity index (χ3n) is 2.23. The Morgan fingerprint density at radius 2 is 2.06 bits per heavy atom. The van der Waals surface area contributed by atoms with Gasteiger partial charge >= 0.3 is 6.18 Å². The van der Waals surface area contributed by atoms with Gasteiger partial charge in [-0.15, -0.1) is 11.6 Å². The van der Waals surface area contributed by atoms with Crippen LogP contribution in [0.4, 0.5) is 13.2 Å². The third-order valence-corrected chi connectivity index (χ3v) is 2.53. The van der Waals surface area contributed by atoms with Gasteiger partial charge < -0.3 is 4.74 Å². The average molecular weight is 281 g/mol. The first-order chi connectivity index (χ1) is 8.38. The molecule has 0 aliphatic rings. The smallest absolute Gasteiger partial charge is 0.416 e. The second-order valence-electron chi connectivity index (χ2n) is 3.60. The van der Waals surface area contributed by atoms with Crippen molar-refractivity contribution in [2.24, 2.45) is 0 Å². The van der Waals surface area contributed by atoms with E-state index in [0.29, 0.717) is 12.4 Å².